The lowest BCUT2D eigenvalue weighted by molar-refractivity contribution is -0.159. The van der Waals surface area contributed by atoms with Gasteiger partial charge in [-0.05, 0) is 31.0 Å². The molecule has 0 aliphatic carbocycles. The number of aromatic nitrogens is 1. The molecule has 1 aromatic carbocycles. The molecular formula is C33H36F6N4O5S. The maximum atomic E-state index is 14.7. The lowest BCUT2D eigenvalue weighted by Gasteiger charge is -2.51. The molecule has 2 fully saturated rings. The van der Waals surface area contributed by atoms with Crippen LogP contribution in [-0.2, 0) is 17.1 Å². The van der Waals surface area contributed by atoms with Crippen LogP contribution in [0.25, 0.3) is 0 Å². The van der Waals surface area contributed by atoms with Crippen LogP contribution >= 0.6 is 11.3 Å². The van der Waals surface area contributed by atoms with Gasteiger partial charge in [-0.3, -0.25) is 14.6 Å². The van der Waals surface area contributed by atoms with E-state index in [1.165, 1.54) is 9.80 Å². The van der Waals surface area contributed by atoms with Crippen molar-refractivity contribution < 1.29 is 50.5 Å². The maximum absolute atomic E-state index is 14.7. The molecule has 2 atom stereocenters. The third-order valence-corrected chi connectivity index (χ3v) is 9.63. The number of aliphatic hydroxyl groups excluding tert-OH is 1. The number of para-hydroxylation sites is 2. The van der Waals surface area contributed by atoms with Gasteiger partial charge in [-0.1, -0.05) is 25.5 Å². The summed E-state index contributed by atoms with van der Waals surface area (Å²) in [5, 5.41) is 10.4. The predicted octanol–water partition coefficient (Wildman–Crippen LogP) is 6.12. The fraction of sp³-hybridized carbons (Fsp3) is 0.485. The van der Waals surface area contributed by atoms with E-state index in [1.54, 1.807) is 19.1 Å². The first-order chi connectivity index (χ1) is 23.3. The van der Waals surface area contributed by atoms with Gasteiger partial charge in [0.15, 0.2) is 0 Å². The zero-order chi connectivity index (χ0) is 35.4. The van der Waals surface area contributed by atoms with Crippen LogP contribution in [0.1, 0.15) is 53.4 Å². The third-order valence-electron chi connectivity index (χ3n) is 8.68. The Morgan fingerprint density at radius 3 is 2.43 bits per heavy atom. The van der Waals surface area contributed by atoms with Crippen molar-refractivity contribution in [2.45, 2.75) is 56.6 Å². The van der Waals surface area contributed by atoms with Gasteiger partial charge in [-0.15, -0.1) is 11.3 Å². The van der Waals surface area contributed by atoms with Gasteiger partial charge in [0.2, 0.25) is 5.60 Å². The molecule has 1 N–H and O–H groups in total. The Morgan fingerprint density at radius 2 is 1.78 bits per heavy atom. The van der Waals surface area contributed by atoms with E-state index in [2.05, 4.69) is 4.98 Å². The number of alkyl halides is 6. The van der Waals surface area contributed by atoms with E-state index in [0.717, 1.165) is 29.4 Å². The number of likely N-dealkylation sites (tertiary alicyclic amines) is 1. The molecule has 2 aliphatic heterocycles. The van der Waals surface area contributed by atoms with Crippen molar-refractivity contribution in [1.82, 2.24) is 14.8 Å². The Bertz CT molecular complexity index is 1610. The Balaban J connectivity index is 1.50. The van der Waals surface area contributed by atoms with Gasteiger partial charge >= 0.3 is 12.4 Å². The number of nitrogens with zero attached hydrogens (tertiary/aromatic N) is 4. The second-order valence-corrected chi connectivity index (χ2v) is 12.7. The molecule has 2 aliphatic rings. The second kappa shape index (κ2) is 14.8. The van der Waals surface area contributed by atoms with Crippen molar-refractivity contribution in [1.29, 1.82) is 0 Å². The number of amides is 2. The number of piperazine rings is 1. The lowest BCUT2D eigenvalue weighted by atomic mass is 9.79. The molecule has 4 heterocycles. The van der Waals surface area contributed by atoms with E-state index in [0.29, 0.717) is 42.8 Å². The van der Waals surface area contributed by atoms with Gasteiger partial charge in [0.1, 0.15) is 23.0 Å². The molecule has 2 aromatic heterocycles. The number of rotatable bonds is 10. The molecule has 0 unspecified atom stereocenters. The zero-order valence-electron chi connectivity index (χ0n) is 26.6. The van der Waals surface area contributed by atoms with Crippen molar-refractivity contribution in [2.75, 3.05) is 50.8 Å². The first-order valence-electron chi connectivity index (χ1n) is 15.8. The topological polar surface area (TPSA) is 95.4 Å². The number of carbonyl (C=O) groups excluding carboxylic acids is 2. The summed E-state index contributed by atoms with van der Waals surface area (Å²) in [7, 11) is 0. The number of carbonyl (C=O) groups is 2. The number of thiophene rings is 1. The van der Waals surface area contributed by atoms with Gasteiger partial charge in [-0.2, -0.15) is 26.3 Å². The second-order valence-electron chi connectivity index (χ2n) is 11.8. The summed E-state index contributed by atoms with van der Waals surface area (Å²) in [6.07, 6.45) is -7.20. The van der Waals surface area contributed by atoms with Gasteiger partial charge in [0.05, 0.1) is 29.5 Å². The van der Waals surface area contributed by atoms with Crippen LogP contribution in [0.3, 0.4) is 0 Å². The number of ether oxygens (including phenoxy) is 2. The summed E-state index contributed by atoms with van der Waals surface area (Å²) < 4.78 is 94.6. The van der Waals surface area contributed by atoms with Gasteiger partial charge < -0.3 is 29.3 Å². The molecule has 0 bridgehead atoms. The van der Waals surface area contributed by atoms with Crippen LogP contribution < -0.4 is 14.4 Å². The van der Waals surface area contributed by atoms with Gasteiger partial charge in [-0.25, -0.2) is 0 Å². The van der Waals surface area contributed by atoms with Crippen LogP contribution in [0.15, 0.2) is 54.2 Å². The molecule has 5 rings (SSSR count). The minimum atomic E-state index is -4.88. The molecular weight excluding hydrogens is 678 g/mol. The summed E-state index contributed by atoms with van der Waals surface area (Å²) in [5.74, 6) is -1.19. The number of benzene rings is 1. The normalized spacial score (nSPS) is 20.3. The summed E-state index contributed by atoms with van der Waals surface area (Å²) in [5.41, 5.74) is -3.00. The highest BCUT2D eigenvalue weighted by molar-refractivity contribution is 7.10. The Hall–Kier alpha value is -4.05. The van der Waals surface area contributed by atoms with Crippen LogP contribution in [0.2, 0.25) is 0 Å². The number of pyridine rings is 1. The van der Waals surface area contributed by atoms with Crippen molar-refractivity contribution in [3.8, 4) is 11.5 Å². The summed E-state index contributed by atoms with van der Waals surface area (Å²) in [6, 6.07) is 7.91. The minimum absolute atomic E-state index is 0.0113. The molecule has 2 amide bonds. The number of piperidine rings is 1. The highest BCUT2D eigenvalue weighted by Gasteiger charge is 2.56. The van der Waals surface area contributed by atoms with E-state index in [-0.39, 0.29) is 57.9 Å². The molecule has 16 heteroatoms. The molecule has 3 aromatic rings. The number of aliphatic hydroxyl groups is 1. The predicted molar refractivity (Wildman–Crippen MR) is 169 cm³/mol. The minimum Gasteiger partial charge on any atom is -0.489 e. The van der Waals surface area contributed by atoms with Crippen LogP contribution in [0, 0.1) is 0 Å². The molecule has 0 spiro atoms. The van der Waals surface area contributed by atoms with E-state index >= 15 is 0 Å². The highest BCUT2D eigenvalue weighted by atomic mass is 32.1. The SMILES string of the molecule is CCC[C@H]1N(C(=O)c2ccncc2C(F)(F)F)CCC[C@@]1(Oc1csc(C(F)(F)F)c1)C(=O)N1CCN(c2ccccc2OCCO)CC1. The molecule has 266 valence electrons. The van der Waals surface area contributed by atoms with Gasteiger partial charge in [0.25, 0.3) is 11.8 Å². The van der Waals surface area contributed by atoms with E-state index in [4.69, 9.17) is 9.47 Å². The smallest absolute Gasteiger partial charge is 0.425 e. The lowest BCUT2D eigenvalue weighted by Crippen LogP contribution is -2.69. The largest absolute Gasteiger partial charge is 0.489 e. The summed E-state index contributed by atoms with van der Waals surface area (Å²) in [4.78, 5) is 36.1. The van der Waals surface area contributed by atoms with Gasteiger partial charge in [0, 0.05) is 63.0 Å². The number of anilines is 1. The van der Waals surface area contributed by atoms with Crippen molar-refractivity contribution >= 4 is 28.8 Å². The first kappa shape index (κ1) is 36.2. The molecule has 2 saturated heterocycles. The zero-order valence-corrected chi connectivity index (χ0v) is 27.4. The van der Waals surface area contributed by atoms with Crippen molar-refractivity contribution in [3.05, 3.63) is 70.2 Å². The quantitative estimate of drug-likeness (QED) is 0.253. The fourth-order valence-corrected chi connectivity index (χ4v) is 7.19. The fourth-order valence-electron chi connectivity index (χ4n) is 6.51. The maximum Gasteiger partial charge on any atom is 0.425 e. The molecule has 9 nitrogen and oxygen atoms in total. The summed E-state index contributed by atoms with van der Waals surface area (Å²) in [6.45, 7) is 2.78. The Morgan fingerprint density at radius 1 is 1.04 bits per heavy atom. The standard InChI is InChI=1S/C33H36F6N4O5S/c1-2-6-27-31(48-22-19-28(49-21-22)33(37,38)39,10-5-12-43(27)29(45)23-9-11-40-20-24(23)32(34,35)36)30(46)42-15-13-41(14-16-42)25-7-3-4-8-26(25)47-18-17-44/h3-4,7-9,11,19-21,27,44H,2,5-6,10,12-18H2,1H3/t27-,31+/m1/s1. The van der Waals surface area contributed by atoms with E-state index in [9.17, 15) is 41.0 Å². The molecule has 0 radical (unpaired) electrons. The van der Waals surface area contributed by atoms with Crippen LogP contribution in [-0.4, -0.2) is 89.3 Å². The highest BCUT2D eigenvalue weighted by Crippen LogP contribution is 2.43. The average molecular weight is 715 g/mol. The third kappa shape index (κ3) is 7.74. The van der Waals surface area contributed by atoms with E-state index in [1.807, 2.05) is 17.0 Å². The number of hydrogen-bond acceptors (Lipinski definition) is 8. The number of halogens is 6. The van der Waals surface area contributed by atoms with Crippen LogP contribution in [0.4, 0.5) is 32.0 Å². The number of hydrogen-bond donors (Lipinski definition) is 1. The molecule has 0 saturated carbocycles. The summed E-state index contributed by atoms with van der Waals surface area (Å²) >= 11 is 0.398. The van der Waals surface area contributed by atoms with Crippen molar-refractivity contribution in [2.24, 2.45) is 0 Å². The van der Waals surface area contributed by atoms with Crippen molar-refractivity contribution in [3.63, 3.8) is 0 Å². The Kier molecular flexibility index (Phi) is 11.0. The average Bonchev–Trinajstić information content (AvgIpc) is 3.56. The Labute approximate surface area is 283 Å². The first-order valence-corrected chi connectivity index (χ1v) is 16.7. The van der Waals surface area contributed by atoms with E-state index < -0.39 is 51.8 Å². The van der Waals surface area contributed by atoms with Crippen LogP contribution in [0.5, 0.6) is 11.5 Å². The molecule has 49 heavy (non-hydrogen) atoms. The monoisotopic (exact) mass is 714 g/mol.